The molecule has 0 heterocycles. The van der Waals surface area contributed by atoms with Gasteiger partial charge in [-0.15, -0.1) is 0 Å². The first kappa shape index (κ1) is 13.3. The van der Waals surface area contributed by atoms with Crippen molar-refractivity contribution < 1.29 is 0 Å². The minimum Gasteiger partial charge on any atom is -0.313 e. The van der Waals surface area contributed by atoms with Gasteiger partial charge in [-0.25, -0.2) is 0 Å². The standard InChI is InChI=1S/C16H18BrN/c17-16-10-8-14(9-11-16)7-4-12-18-13-15-5-2-1-3-6-15/h1-3,5-6,8-11,18H,4,7,12-13H2. The van der Waals surface area contributed by atoms with Gasteiger partial charge in [-0.2, -0.15) is 0 Å². The summed E-state index contributed by atoms with van der Waals surface area (Å²) in [6, 6.07) is 19.1. The smallest absolute Gasteiger partial charge is 0.0205 e. The van der Waals surface area contributed by atoms with E-state index in [0.717, 1.165) is 24.0 Å². The minimum absolute atomic E-state index is 0.960. The van der Waals surface area contributed by atoms with Crippen LogP contribution >= 0.6 is 15.9 Å². The van der Waals surface area contributed by atoms with Crippen molar-refractivity contribution in [3.05, 3.63) is 70.2 Å². The number of benzene rings is 2. The molecule has 0 radical (unpaired) electrons. The molecule has 0 aliphatic carbocycles. The second-order valence-electron chi connectivity index (χ2n) is 4.39. The van der Waals surface area contributed by atoms with E-state index in [1.165, 1.54) is 17.5 Å². The third-order valence-corrected chi connectivity index (χ3v) is 3.43. The van der Waals surface area contributed by atoms with Crippen molar-refractivity contribution in [1.82, 2.24) is 5.32 Å². The second kappa shape index (κ2) is 7.34. The molecule has 18 heavy (non-hydrogen) atoms. The van der Waals surface area contributed by atoms with Crippen molar-refractivity contribution in [1.29, 1.82) is 0 Å². The van der Waals surface area contributed by atoms with E-state index in [4.69, 9.17) is 0 Å². The molecule has 2 aromatic carbocycles. The molecule has 0 aliphatic heterocycles. The number of hydrogen-bond acceptors (Lipinski definition) is 1. The van der Waals surface area contributed by atoms with Gasteiger partial charge < -0.3 is 5.32 Å². The normalized spacial score (nSPS) is 10.5. The summed E-state index contributed by atoms with van der Waals surface area (Å²) < 4.78 is 1.15. The molecule has 0 saturated carbocycles. The molecule has 1 N–H and O–H groups in total. The Morgan fingerprint density at radius 3 is 2.28 bits per heavy atom. The van der Waals surface area contributed by atoms with E-state index >= 15 is 0 Å². The Hall–Kier alpha value is -1.12. The zero-order valence-electron chi connectivity index (χ0n) is 10.4. The highest BCUT2D eigenvalue weighted by atomic mass is 79.9. The molecule has 0 bridgehead atoms. The van der Waals surface area contributed by atoms with E-state index in [-0.39, 0.29) is 0 Å². The highest BCUT2D eigenvalue weighted by Crippen LogP contribution is 2.11. The van der Waals surface area contributed by atoms with Crippen molar-refractivity contribution in [2.75, 3.05) is 6.54 Å². The van der Waals surface area contributed by atoms with Gasteiger partial charge >= 0.3 is 0 Å². The molecule has 0 spiro atoms. The minimum atomic E-state index is 0.960. The Balaban J connectivity index is 1.63. The number of halogens is 1. The van der Waals surface area contributed by atoms with Crippen molar-refractivity contribution in [3.8, 4) is 0 Å². The predicted octanol–water partition coefficient (Wildman–Crippen LogP) is 4.17. The lowest BCUT2D eigenvalue weighted by atomic mass is 10.1. The van der Waals surface area contributed by atoms with Crippen molar-refractivity contribution >= 4 is 15.9 Å². The Bertz CT molecular complexity index is 450. The molecule has 0 aliphatic rings. The molecule has 0 fully saturated rings. The first-order valence-corrected chi connectivity index (χ1v) is 7.13. The Morgan fingerprint density at radius 1 is 0.833 bits per heavy atom. The highest BCUT2D eigenvalue weighted by molar-refractivity contribution is 9.10. The maximum absolute atomic E-state index is 3.47. The van der Waals surface area contributed by atoms with Crippen LogP contribution in [0.5, 0.6) is 0 Å². The van der Waals surface area contributed by atoms with E-state index < -0.39 is 0 Å². The predicted molar refractivity (Wildman–Crippen MR) is 80.6 cm³/mol. The van der Waals surface area contributed by atoms with Crippen LogP contribution in [0.2, 0.25) is 0 Å². The summed E-state index contributed by atoms with van der Waals surface area (Å²) in [4.78, 5) is 0. The van der Waals surface area contributed by atoms with Crippen LogP contribution in [0.4, 0.5) is 0 Å². The molecule has 0 unspecified atom stereocenters. The maximum atomic E-state index is 3.47. The Morgan fingerprint density at radius 2 is 1.56 bits per heavy atom. The van der Waals surface area contributed by atoms with Crippen LogP contribution in [-0.2, 0) is 13.0 Å². The van der Waals surface area contributed by atoms with Gasteiger partial charge in [0.1, 0.15) is 0 Å². The average molecular weight is 304 g/mol. The number of nitrogens with one attached hydrogen (secondary N) is 1. The first-order valence-electron chi connectivity index (χ1n) is 6.34. The molecule has 0 aromatic heterocycles. The van der Waals surface area contributed by atoms with Gasteiger partial charge in [0.25, 0.3) is 0 Å². The molecule has 94 valence electrons. The van der Waals surface area contributed by atoms with Gasteiger partial charge in [0.2, 0.25) is 0 Å². The largest absolute Gasteiger partial charge is 0.313 e. The summed E-state index contributed by atoms with van der Waals surface area (Å²) in [6.45, 7) is 2.02. The van der Waals surface area contributed by atoms with Crippen molar-refractivity contribution in [3.63, 3.8) is 0 Å². The van der Waals surface area contributed by atoms with Crippen LogP contribution in [0.25, 0.3) is 0 Å². The molecule has 1 nitrogen and oxygen atoms in total. The van der Waals surface area contributed by atoms with Gasteiger partial charge in [-0.05, 0) is 42.6 Å². The lowest BCUT2D eigenvalue weighted by Gasteiger charge is -2.05. The third-order valence-electron chi connectivity index (χ3n) is 2.90. The lowest BCUT2D eigenvalue weighted by molar-refractivity contribution is 0.649. The fraction of sp³-hybridized carbons (Fsp3) is 0.250. The van der Waals surface area contributed by atoms with Gasteiger partial charge in [-0.1, -0.05) is 58.4 Å². The fourth-order valence-electron chi connectivity index (χ4n) is 1.90. The number of rotatable bonds is 6. The zero-order chi connectivity index (χ0) is 12.6. The molecular weight excluding hydrogens is 286 g/mol. The Kier molecular flexibility index (Phi) is 5.43. The van der Waals surface area contributed by atoms with Crippen LogP contribution < -0.4 is 5.32 Å². The monoisotopic (exact) mass is 303 g/mol. The molecule has 2 heteroatoms. The van der Waals surface area contributed by atoms with Gasteiger partial charge in [-0.3, -0.25) is 0 Å². The molecule has 2 rings (SSSR count). The van der Waals surface area contributed by atoms with Gasteiger partial charge in [0.15, 0.2) is 0 Å². The summed E-state index contributed by atoms with van der Waals surface area (Å²) >= 11 is 3.45. The fourth-order valence-corrected chi connectivity index (χ4v) is 2.16. The SMILES string of the molecule is Brc1ccc(CCCNCc2ccccc2)cc1. The molecule has 0 amide bonds. The van der Waals surface area contributed by atoms with Gasteiger partial charge in [0.05, 0.1) is 0 Å². The number of hydrogen-bond donors (Lipinski definition) is 1. The Labute approximate surface area is 117 Å². The first-order chi connectivity index (χ1) is 8.84. The average Bonchev–Trinajstić information content (AvgIpc) is 2.42. The van der Waals surface area contributed by atoms with Crippen LogP contribution in [-0.4, -0.2) is 6.54 Å². The van der Waals surface area contributed by atoms with Gasteiger partial charge in [0, 0.05) is 11.0 Å². The van der Waals surface area contributed by atoms with Crippen molar-refractivity contribution in [2.24, 2.45) is 0 Å². The van der Waals surface area contributed by atoms with E-state index in [9.17, 15) is 0 Å². The summed E-state index contributed by atoms with van der Waals surface area (Å²) in [7, 11) is 0. The highest BCUT2D eigenvalue weighted by Gasteiger charge is 1.94. The maximum Gasteiger partial charge on any atom is 0.0205 e. The quantitative estimate of drug-likeness (QED) is 0.790. The topological polar surface area (TPSA) is 12.0 Å². The molecule has 2 aromatic rings. The van der Waals surface area contributed by atoms with Crippen LogP contribution in [0, 0.1) is 0 Å². The zero-order valence-corrected chi connectivity index (χ0v) is 12.0. The summed E-state index contributed by atoms with van der Waals surface area (Å²) in [5.74, 6) is 0. The van der Waals surface area contributed by atoms with Crippen LogP contribution in [0.1, 0.15) is 17.5 Å². The molecule has 0 atom stereocenters. The van der Waals surface area contributed by atoms with E-state index in [0.29, 0.717) is 0 Å². The van der Waals surface area contributed by atoms with Crippen molar-refractivity contribution in [2.45, 2.75) is 19.4 Å². The van der Waals surface area contributed by atoms with E-state index in [1.807, 2.05) is 0 Å². The molecule has 0 saturated heterocycles. The van der Waals surface area contributed by atoms with E-state index in [1.54, 1.807) is 0 Å². The molecular formula is C16H18BrN. The summed E-state index contributed by atoms with van der Waals surface area (Å²) in [5, 5.41) is 3.47. The van der Waals surface area contributed by atoms with E-state index in [2.05, 4.69) is 75.8 Å². The second-order valence-corrected chi connectivity index (χ2v) is 5.31. The lowest BCUT2D eigenvalue weighted by Crippen LogP contribution is -2.15. The summed E-state index contributed by atoms with van der Waals surface area (Å²) in [5.41, 5.74) is 2.75. The summed E-state index contributed by atoms with van der Waals surface area (Å²) in [6.07, 6.45) is 2.31. The van der Waals surface area contributed by atoms with Crippen LogP contribution in [0.3, 0.4) is 0 Å². The van der Waals surface area contributed by atoms with Crippen LogP contribution in [0.15, 0.2) is 59.1 Å². The third kappa shape index (κ3) is 4.63. The number of aryl methyl sites for hydroxylation is 1.